The van der Waals surface area contributed by atoms with E-state index < -0.39 is 27.7 Å². The predicted molar refractivity (Wildman–Crippen MR) is 189 cm³/mol. The third-order valence-electron chi connectivity index (χ3n) is 8.32. The Morgan fingerprint density at radius 1 is 0.875 bits per heavy atom. The number of oxazole rings is 1. The third kappa shape index (κ3) is 9.17. The minimum absolute atomic E-state index is 0.174. The Morgan fingerprint density at radius 2 is 1.52 bits per heavy atom. The van der Waals surface area contributed by atoms with Gasteiger partial charge in [0.1, 0.15) is 5.52 Å². The number of aryl methyl sites for hydroxylation is 1. The Labute approximate surface area is 281 Å². The molecule has 4 aromatic carbocycles. The number of carbonyl (C=O) groups is 2. The van der Waals surface area contributed by atoms with Crippen LogP contribution in [-0.4, -0.2) is 42.1 Å². The molecule has 1 aromatic heterocycles. The molecule has 0 saturated carbocycles. The molecule has 9 nitrogen and oxygen atoms in total. The molecule has 10 heteroatoms. The second-order valence-corrected chi connectivity index (χ2v) is 14.9. The molecular weight excluding hydrogens is 627 g/mol. The lowest BCUT2D eigenvalue weighted by Crippen LogP contribution is -2.29. The van der Waals surface area contributed by atoms with Gasteiger partial charge in [0, 0.05) is 23.4 Å². The number of hydrogen-bond acceptors (Lipinski definition) is 6. The number of amides is 2. The summed E-state index contributed by atoms with van der Waals surface area (Å²) in [4.78, 5) is 31.1. The normalized spacial score (nSPS) is 13.2. The molecule has 1 heterocycles. The fraction of sp³-hybridized carbons (Fsp3) is 0.289. The second kappa shape index (κ2) is 14.5. The van der Waals surface area contributed by atoms with Crippen molar-refractivity contribution in [2.24, 2.45) is 5.41 Å². The topological polar surface area (TPSA) is 139 Å². The number of benzene rings is 4. The number of nitrogens with one attached hydrogen (secondary N) is 2. The Balaban J connectivity index is 1.35. The summed E-state index contributed by atoms with van der Waals surface area (Å²) >= 11 is 0. The minimum atomic E-state index is -4.18. The fourth-order valence-corrected chi connectivity index (χ4v) is 5.88. The van der Waals surface area contributed by atoms with Gasteiger partial charge in [0.15, 0.2) is 5.58 Å². The molecule has 250 valence electrons. The van der Waals surface area contributed by atoms with E-state index in [2.05, 4.69) is 48.5 Å². The van der Waals surface area contributed by atoms with Crippen molar-refractivity contribution in [2.45, 2.75) is 52.4 Å². The highest BCUT2D eigenvalue weighted by atomic mass is 32.2. The van der Waals surface area contributed by atoms with Crippen molar-refractivity contribution in [3.05, 3.63) is 119 Å². The zero-order valence-electron chi connectivity index (χ0n) is 27.6. The SMILES string of the molecule is C[C@H](c1ccc(C(=O)NCCS(=O)(=O)O)cc1)C(C(=O)Nc1ccc(-c2nc3ccccc3o2)cc1)c1ccc(CCC(C)(C)C)cc1. The molecule has 0 aliphatic heterocycles. The van der Waals surface area contributed by atoms with Crippen LogP contribution in [0.3, 0.4) is 0 Å². The number of para-hydroxylation sites is 2. The van der Waals surface area contributed by atoms with Crippen LogP contribution in [0.25, 0.3) is 22.6 Å². The maximum absolute atomic E-state index is 14.0. The van der Waals surface area contributed by atoms with Crippen molar-refractivity contribution in [3.63, 3.8) is 0 Å². The zero-order chi connectivity index (χ0) is 34.5. The molecule has 1 unspecified atom stereocenters. The third-order valence-corrected chi connectivity index (χ3v) is 9.04. The number of rotatable bonds is 12. The molecule has 0 spiro atoms. The van der Waals surface area contributed by atoms with Gasteiger partial charge >= 0.3 is 0 Å². The molecule has 2 atom stereocenters. The van der Waals surface area contributed by atoms with Crippen LogP contribution in [-0.2, 0) is 21.3 Å². The Bertz CT molecular complexity index is 1940. The number of aromatic nitrogens is 1. The van der Waals surface area contributed by atoms with Gasteiger partial charge in [-0.3, -0.25) is 14.1 Å². The van der Waals surface area contributed by atoms with E-state index in [0.717, 1.165) is 35.0 Å². The van der Waals surface area contributed by atoms with Crippen LogP contribution in [0.5, 0.6) is 0 Å². The van der Waals surface area contributed by atoms with Gasteiger partial charge in [-0.2, -0.15) is 8.42 Å². The summed E-state index contributed by atoms with van der Waals surface area (Å²) < 4.78 is 36.8. The molecule has 48 heavy (non-hydrogen) atoms. The molecule has 0 aliphatic rings. The summed E-state index contributed by atoms with van der Waals surface area (Å²) in [6.07, 6.45) is 1.98. The highest BCUT2D eigenvalue weighted by molar-refractivity contribution is 7.85. The standard InChI is InChI=1S/C38H41N3O6S/c1-25(27-13-15-29(16-14-27)35(42)39-23-24-48(44,45)46)34(28-11-9-26(10-12-28)21-22-38(2,3)4)36(43)40-31-19-17-30(18-20-31)37-41-32-7-5-6-8-33(32)47-37/h5-20,25,34H,21-24H2,1-4H3,(H,39,42)(H,40,43)(H,44,45,46)/t25-,34?/m1/s1. The molecule has 2 amide bonds. The van der Waals surface area contributed by atoms with E-state index in [1.807, 2.05) is 67.6 Å². The van der Waals surface area contributed by atoms with Crippen LogP contribution in [0.4, 0.5) is 5.69 Å². The van der Waals surface area contributed by atoms with Crippen LogP contribution in [0.1, 0.15) is 73.0 Å². The lowest BCUT2D eigenvalue weighted by atomic mass is 9.81. The van der Waals surface area contributed by atoms with E-state index >= 15 is 0 Å². The molecule has 0 bridgehead atoms. The highest BCUT2D eigenvalue weighted by Crippen LogP contribution is 2.35. The molecule has 5 aromatic rings. The van der Waals surface area contributed by atoms with Crippen molar-refractivity contribution in [3.8, 4) is 11.5 Å². The van der Waals surface area contributed by atoms with Crippen molar-refractivity contribution in [1.82, 2.24) is 10.3 Å². The number of carbonyl (C=O) groups excluding carboxylic acids is 2. The van der Waals surface area contributed by atoms with E-state index in [0.29, 0.717) is 22.7 Å². The van der Waals surface area contributed by atoms with Crippen molar-refractivity contribution in [2.75, 3.05) is 17.6 Å². The van der Waals surface area contributed by atoms with Crippen molar-refractivity contribution >= 4 is 38.7 Å². The van der Waals surface area contributed by atoms with E-state index in [1.165, 1.54) is 5.56 Å². The molecule has 0 radical (unpaired) electrons. The monoisotopic (exact) mass is 667 g/mol. The van der Waals surface area contributed by atoms with Crippen molar-refractivity contribution in [1.29, 1.82) is 0 Å². The van der Waals surface area contributed by atoms with Crippen LogP contribution >= 0.6 is 0 Å². The maximum Gasteiger partial charge on any atom is 0.266 e. The lowest BCUT2D eigenvalue weighted by molar-refractivity contribution is -0.118. The number of anilines is 1. The van der Waals surface area contributed by atoms with Gasteiger partial charge in [-0.1, -0.05) is 76.2 Å². The molecule has 0 fully saturated rings. The van der Waals surface area contributed by atoms with Gasteiger partial charge in [-0.15, -0.1) is 0 Å². The molecule has 5 rings (SSSR count). The molecule has 0 saturated heterocycles. The zero-order valence-corrected chi connectivity index (χ0v) is 28.4. The first-order chi connectivity index (χ1) is 22.8. The molecular formula is C38H41N3O6S. The largest absolute Gasteiger partial charge is 0.436 e. The maximum atomic E-state index is 14.0. The Kier molecular flexibility index (Phi) is 10.5. The summed E-state index contributed by atoms with van der Waals surface area (Å²) in [6.45, 7) is 8.43. The van der Waals surface area contributed by atoms with E-state index in [-0.39, 0.29) is 23.8 Å². The summed E-state index contributed by atoms with van der Waals surface area (Å²) in [5.74, 6) is -1.51. The summed E-state index contributed by atoms with van der Waals surface area (Å²) in [6, 6.07) is 30.1. The average molecular weight is 668 g/mol. The predicted octanol–water partition coefficient (Wildman–Crippen LogP) is 7.62. The van der Waals surface area contributed by atoms with Gasteiger partial charge in [0.25, 0.3) is 16.0 Å². The van der Waals surface area contributed by atoms with Gasteiger partial charge < -0.3 is 15.1 Å². The molecule has 3 N–H and O–H groups in total. The van der Waals surface area contributed by atoms with Crippen LogP contribution < -0.4 is 10.6 Å². The summed E-state index contributed by atoms with van der Waals surface area (Å²) in [7, 11) is -4.18. The van der Waals surface area contributed by atoms with Gasteiger partial charge in [0.05, 0.1) is 11.7 Å². The number of nitrogens with zero attached hydrogens (tertiary/aromatic N) is 1. The average Bonchev–Trinajstić information content (AvgIpc) is 3.48. The summed E-state index contributed by atoms with van der Waals surface area (Å²) in [5.41, 5.74) is 6.39. The van der Waals surface area contributed by atoms with Gasteiger partial charge in [-0.05, 0) is 89.4 Å². The first kappa shape index (κ1) is 34.5. The van der Waals surface area contributed by atoms with E-state index in [9.17, 15) is 18.0 Å². The van der Waals surface area contributed by atoms with Crippen molar-refractivity contribution < 1.29 is 27.0 Å². The van der Waals surface area contributed by atoms with Crippen LogP contribution in [0, 0.1) is 5.41 Å². The number of fused-ring (bicyclic) bond motifs is 1. The molecule has 0 aliphatic carbocycles. The smallest absolute Gasteiger partial charge is 0.266 e. The van der Waals surface area contributed by atoms with E-state index in [4.69, 9.17) is 8.97 Å². The van der Waals surface area contributed by atoms with E-state index in [1.54, 1.807) is 24.3 Å². The Morgan fingerprint density at radius 3 is 2.15 bits per heavy atom. The van der Waals surface area contributed by atoms with Gasteiger partial charge in [0.2, 0.25) is 11.8 Å². The second-order valence-electron chi connectivity index (χ2n) is 13.3. The number of hydrogen-bond donors (Lipinski definition) is 3. The quantitative estimate of drug-likeness (QED) is 0.116. The lowest BCUT2D eigenvalue weighted by Gasteiger charge is -2.25. The highest BCUT2D eigenvalue weighted by Gasteiger charge is 2.29. The van der Waals surface area contributed by atoms with Gasteiger partial charge in [-0.25, -0.2) is 4.98 Å². The first-order valence-corrected chi connectivity index (χ1v) is 17.6. The summed E-state index contributed by atoms with van der Waals surface area (Å²) in [5, 5.41) is 5.59. The minimum Gasteiger partial charge on any atom is -0.436 e. The fourth-order valence-electron chi connectivity index (χ4n) is 5.52. The van der Waals surface area contributed by atoms with Crippen LogP contribution in [0.2, 0.25) is 0 Å². The Hall–Kier alpha value is -4.80. The van der Waals surface area contributed by atoms with Crippen LogP contribution in [0.15, 0.2) is 101 Å². The first-order valence-electron chi connectivity index (χ1n) is 15.9.